The Morgan fingerprint density at radius 2 is 1.73 bits per heavy atom. The smallest absolute Gasteiger partial charge is 0.294 e. The number of quaternary nitrogens is 1. The average molecular weight is 405 g/mol. The molecule has 0 fully saturated rings. The monoisotopic (exact) mass is 404 g/mol. The van der Waals surface area contributed by atoms with Crippen molar-refractivity contribution < 1.29 is 9.73 Å². The van der Waals surface area contributed by atoms with Crippen LogP contribution < -0.4 is 10.9 Å². The highest BCUT2D eigenvalue weighted by Gasteiger charge is 2.21. The molecule has 0 aliphatic heterocycles. The van der Waals surface area contributed by atoms with Crippen LogP contribution in [-0.4, -0.2) is 9.97 Å². The van der Waals surface area contributed by atoms with Crippen LogP contribution in [0.25, 0.3) is 22.1 Å². The van der Waals surface area contributed by atoms with Crippen molar-refractivity contribution in [2.45, 2.75) is 52.6 Å². The van der Waals surface area contributed by atoms with Crippen molar-refractivity contribution >= 4 is 22.1 Å². The zero-order chi connectivity index (χ0) is 21.3. The molecule has 2 atom stereocenters. The van der Waals surface area contributed by atoms with Crippen LogP contribution in [-0.2, 0) is 6.54 Å². The molecule has 0 bridgehead atoms. The minimum Gasteiger partial charge on any atom is -0.449 e. The van der Waals surface area contributed by atoms with Crippen LogP contribution in [0.2, 0.25) is 0 Å². The zero-order valence-corrected chi connectivity index (χ0v) is 18.1. The van der Waals surface area contributed by atoms with Gasteiger partial charge in [-0.1, -0.05) is 64.1 Å². The minimum atomic E-state index is -0.224. The van der Waals surface area contributed by atoms with Gasteiger partial charge in [0.25, 0.3) is 5.56 Å². The molecule has 0 amide bonds. The van der Waals surface area contributed by atoms with Crippen molar-refractivity contribution in [3.8, 4) is 0 Å². The van der Waals surface area contributed by atoms with Crippen molar-refractivity contribution in [1.29, 1.82) is 0 Å². The van der Waals surface area contributed by atoms with E-state index >= 15 is 0 Å². The molecule has 0 unspecified atom stereocenters. The summed E-state index contributed by atoms with van der Waals surface area (Å²) in [5, 5.41) is 3.14. The van der Waals surface area contributed by atoms with Gasteiger partial charge in [-0.25, -0.2) is 4.98 Å². The molecule has 0 saturated carbocycles. The average Bonchev–Trinajstić information content (AvgIpc) is 3.13. The summed E-state index contributed by atoms with van der Waals surface area (Å²) in [5.41, 5.74) is 4.07. The van der Waals surface area contributed by atoms with Crippen molar-refractivity contribution in [3.05, 3.63) is 75.8 Å². The van der Waals surface area contributed by atoms with Crippen LogP contribution in [0.3, 0.4) is 0 Å². The number of hydrogen-bond acceptors (Lipinski definition) is 3. The van der Waals surface area contributed by atoms with E-state index in [1.807, 2.05) is 24.3 Å². The number of furan rings is 1. The molecule has 3 N–H and O–H groups in total. The number of aromatic amines is 1. The summed E-state index contributed by atoms with van der Waals surface area (Å²) in [4.78, 5) is 20.2. The summed E-state index contributed by atoms with van der Waals surface area (Å²) < 4.78 is 5.69. The van der Waals surface area contributed by atoms with Gasteiger partial charge in [0.05, 0.1) is 0 Å². The van der Waals surface area contributed by atoms with Crippen LogP contribution >= 0.6 is 0 Å². The lowest BCUT2D eigenvalue weighted by atomic mass is 9.92. The van der Waals surface area contributed by atoms with Gasteiger partial charge < -0.3 is 14.7 Å². The Labute approximate surface area is 176 Å². The minimum absolute atomic E-state index is 0.224. The molecule has 5 heteroatoms. The van der Waals surface area contributed by atoms with Crippen LogP contribution in [0, 0.1) is 5.92 Å². The van der Waals surface area contributed by atoms with Gasteiger partial charge >= 0.3 is 0 Å². The molecule has 2 aromatic heterocycles. The summed E-state index contributed by atoms with van der Waals surface area (Å²) >= 11 is 0. The lowest BCUT2D eigenvalue weighted by Gasteiger charge is -2.20. The molecule has 4 aromatic rings. The normalized spacial score (nSPS) is 13.9. The number of nitrogens with two attached hydrogens (primary N) is 1. The molecule has 0 spiro atoms. The number of rotatable bonds is 7. The maximum Gasteiger partial charge on any atom is 0.294 e. The van der Waals surface area contributed by atoms with E-state index in [0.29, 0.717) is 40.9 Å². The van der Waals surface area contributed by atoms with Crippen LogP contribution in [0.15, 0.2) is 57.7 Å². The number of fused-ring (bicyclic) bond motifs is 3. The summed E-state index contributed by atoms with van der Waals surface area (Å²) in [5.74, 6) is 1.69. The van der Waals surface area contributed by atoms with Gasteiger partial charge in [0, 0.05) is 16.9 Å². The van der Waals surface area contributed by atoms with Gasteiger partial charge in [0.2, 0.25) is 5.58 Å². The molecule has 0 aliphatic rings. The van der Waals surface area contributed by atoms with E-state index in [0.717, 1.165) is 11.8 Å². The van der Waals surface area contributed by atoms with Gasteiger partial charge in [0.15, 0.2) is 5.82 Å². The molecule has 0 aliphatic carbocycles. The maximum absolute atomic E-state index is 12.5. The first-order valence-electron chi connectivity index (χ1n) is 10.8. The predicted octanol–water partition coefficient (Wildman–Crippen LogP) is 4.64. The molecule has 0 radical (unpaired) electrons. The van der Waals surface area contributed by atoms with E-state index < -0.39 is 0 Å². The first-order chi connectivity index (χ1) is 14.5. The van der Waals surface area contributed by atoms with E-state index in [9.17, 15) is 4.79 Å². The summed E-state index contributed by atoms with van der Waals surface area (Å²) in [7, 11) is 0. The quantitative estimate of drug-likeness (QED) is 0.471. The highest BCUT2D eigenvalue weighted by Crippen LogP contribution is 2.25. The van der Waals surface area contributed by atoms with E-state index in [1.165, 1.54) is 11.1 Å². The molecule has 2 aromatic carbocycles. The van der Waals surface area contributed by atoms with Crippen LogP contribution in [0.1, 0.15) is 63.0 Å². The Morgan fingerprint density at radius 1 is 1.03 bits per heavy atom. The SMILES string of the molecule is CC[C@@H](C)c1ccc([C@H]([NH2+]Cc2nc3c(oc4ccccc43)c(=O)[nH]2)C(C)C)cc1. The molecule has 4 rings (SSSR count). The van der Waals surface area contributed by atoms with Gasteiger partial charge in [-0.15, -0.1) is 0 Å². The highest BCUT2D eigenvalue weighted by atomic mass is 16.3. The van der Waals surface area contributed by atoms with Crippen molar-refractivity contribution in [1.82, 2.24) is 9.97 Å². The summed E-state index contributed by atoms with van der Waals surface area (Å²) in [6.07, 6.45) is 1.14. The fraction of sp³-hybridized carbons (Fsp3) is 0.360. The fourth-order valence-corrected chi connectivity index (χ4v) is 4.06. The third-order valence-electron chi connectivity index (χ3n) is 6.07. The Hall–Kier alpha value is -2.92. The number of H-pyrrole nitrogens is 1. The largest absolute Gasteiger partial charge is 0.449 e. The third kappa shape index (κ3) is 3.90. The topological polar surface area (TPSA) is 75.5 Å². The van der Waals surface area contributed by atoms with Crippen LogP contribution in [0.5, 0.6) is 0 Å². The van der Waals surface area contributed by atoms with E-state index in [1.54, 1.807) is 0 Å². The number of aromatic nitrogens is 2. The van der Waals surface area contributed by atoms with Crippen molar-refractivity contribution in [2.75, 3.05) is 0 Å². The Morgan fingerprint density at radius 3 is 2.43 bits per heavy atom. The summed E-state index contributed by atoms with van der Waals surface area (Å²) in [6, 6.07) is 16.9. The Kier molecular flexibility index (Phi) is 5.73. The van der Waals surface area contributed by atoms with Crippen LogP contribution in [0.4, 0.5) is 0 Å². The number of nitrogens with one attached hydrogen (secondary N) is 1. The van der Waals surface area contributed by atoms with E-state index in [2.05, 4.69) is 62.3 Å². The molecule has 2 heterocycles. The zero-order valence-electron chi connectivity index (χ0n) is 18.1. The molecule has 156 valence electrons. The van der Waals surface area contributed by atoms with E-state index in [4.69, 9.17) is 9.40 Å². The number of para-hydroxylation sites is 1. The second-order valence-electron chi connectivity index (χ2n) is 8.47. The van der Waals surface area contributed by atoms with E-state index in [-0.39, 0.29) is 11.6 Å². The summed E-state index contributed by atoms with van der Waals surface area (Å²) in [6.45, 7) is 9.54. The molecule has 5 nitrogen and oxygen atoms in total. The van der Waals surface area contributed by atoms with Gasteiger partial charge in [0.1, 0.15) is 23.7 Å². The highest BCUT2D eigenvalue weighted by molar-refractivity contribution is 6.01. The molecule has 0 saturated heterocycles. The maximum atomic E-state index is 12.5. The molecular formula is C25H30N3O2+. The molecular weight excluding hydrogens is 374 g/mol. The second-order valence-corrected chi connectivity index (χ2v) is 8.47. The van der Waals surface area contributed by atoms with Gasteiger partial charge in [-0.2, -0.15) is 0 Å². The number of nitrogens with zero attached hydrogens (tertiary/aromatic N) is 1. The second kappa shape index (κ2) is 8.44. The molecule has 30 heavy (non-hydrogen) atoms. The predicted molar refractivity (Wildman–Crippen MR) is 120 cm³/mol. The Balaban J connectivity index is 1.59. The van der Waals surface area contributed by atoms with Gasteiger partial charge in [-0.3, -0.25) is 4.79 Å². The van der Waals surface area contributed by atoms with Gasteiger partial charge in [-0.05, 0) is 30.0 Å². The first-order valence-corrected chi connectivity index (χ1v) is 10.8. The Bertz CT molecular complexity index is 1200. The third-order valence-corrected chi connectivity index (χ3v) is 6.07. The van der Waals surface area contributed by atoms with Crippen molar-refractivity contribution in [3.63, 3.8) is 0 Å². The fourth-order valence-electron chi connectivity index (χ4n) is 4.06. The lowest BCUT2D eigenvalue weighted by Crippen LogP contribution is -2.85. The standard InChI is InChI=1S/C25H29N3O2/c1-5-16(4)17-10-12-18(13-11-17)22(15(2)3)26-14-21-27-23-19-8-6-7-9-20(19)30-24(23)25(29)28-21/h6-13,15-16,22,26H,5,14H2,1-4H3,(H,27,28,29)/p+1/t16-,22-/m1/s1. The van der Waals surface area contributed by atoms with Crippen molar-refractivity contribution in [2.24, 2.45) is 5.92 Å². The number of hydrogen-bond donors (Lipinski definition) is 2. The number of benzene rings is 2. The lowest BCUT2D eigenvalue weighted by molar-refractivity contribution is -0.718. The first kappa shape index (κ1) is 20.4.